The molecule has 0 fully saturated rings. The Kier molecular flexibility index (Phi) is 5.19. The average molecular weight is 384 g/mol. The Bertz CT molecular complexity index is 717. The normalized spacial score (nSPS) is 12.0. The van der Waals surface area contributed by atoms with Crippen LogP contribution in [0.4, 0.5) is 5.82 Å². The summed E-state index contributed by atoms with van der Waals surface area (Å²) in [6, 6.07) is -0.551. The summed E-state index contributed by atoms with van der Waals surface area (Å²) in [6.07, 6.45) is 3.10. The average Bonchev–Trinajstić information content (AvgIpc) is 3.02. The van der Waals surface area contributed by atoms with Crippen molar-refractivity contribution in [1.82, 2.24) is 19.6 Å². The first-order chi connectivity index (χ1) is 10.8. The number of ether oxygens (including phenoxy) is 1. The van der Waals surface area contributed by atoms with Gasteiger partial charge < -0.3 is 10.1 Å². The zero-order valence-corrected chi connectivity index (χ0v) is 14.9. The highest BCUT2D eigenvalue weighted by Gasteiger charge is 2.23. The van der Waals surface area contributed by atoms with Crippen LogP contribution in [0.15, 0.2) is 16.9 Å². The van der Waals surface area contributed by atoms with Gasteiger partial charge in [0, 0.05) is 13.2 Å². The van der Waals surface area contributed by atoms with E-state index in [0.717, 1.165) is 10.2 Å². The van der Waals surface area contributed by atoms with Gasteiger partial charge in [0.2, 0.25) is 5.91 Å². The van der Waals surface area contributed by atoms with Gasteiger partial charge in [0.1, 0.15) is 17.4 Å². The molecule has 0 aliphatic carbocycles. The number of aryl methyl sites for hydroxylation is 2. The van der Waals surface area contributed by atoms with Gasteiger partial charge in [-0.05, 0) is 36.7 Å². The second kappa shape index (κ2) is 6.95. The summed E-state index contributed by atoms with van der Waals surface area (Å²) in [4.78, 5) is 24.3. The minimum atomic E-state index is -0.551. The number of rotatable bonds is 5. The van der Waals surface area contributed by atoms with E-state index >= 15 is 0 Å². The molecule has 2 aromatic heterocycles. The molecule has 2 heterocycles. The maximum atomic E-state index is 12.4. The van der Waals surface area contributed by atoms with Gasteiger partial charge in [0.05, 0.1) is 23.0 Å². The number of carbonyl (C=O) groups is 2. The maximum Gasteiger partial charge on any atom is 0.343 e. The summed E-state index contributed by atoms with van der Waals surface area (Å²) in [7, 11) is 1.64. The number of esters is 1. The van der Waals surface area contributed by atoms with Gasteiger partial charge in [-0.15, -0.1) is 0 Å². The Morgan fingerprint density at radius 2 is 2.17 bits per heavy atom. The lowest BCUT2D eigenvalue weighted by molar-refractivity contribution is -0.119. The molecule has 0 radical (unpaired) electrons. The first-order valence-corrected chi connectivity index (χ1v) is 7.85. The molecule has 124 valence electrons. The molecule has 0 aromatic carbocycles. The third-order valence-corrected chi connectivity index (χ3v) is 4.09. The van der Waals surface area contributed by atoms with Crippen LogP contribution in [0, 0.1) is 6.92 Å². The van der Waals surface area contributed by atoms with Gasteiger partial charge in [0.25, 0.3) is 0 Å². The lowest BCUT2D eigenvalue weighted by Crippen LogP contribution is -2.26. The van der Waals surface area contributed by atoms with E-state index in [9.17, 15) is 9.59 Å². The van der Waals surface area contributed by atoms with E-state index in [1.807, 2.05) is 6.92 Å². The molecule has 0 saturated carbocycles. The van der Waals surface area contributed by atoms with Crippen molar-refractivity contribution in [3.63, 3.8) is 0 Å². The number of nitrogens with zero attached hydrogens (tertiary/aromatic N) is 4. The molecule has 1 amide bonds. The lowest BCUT2D eigenvalue weighted by atomic mass is 10.3. The summed E-state index contributed by atoms with van der Waals surface area (Å²) >= 11 is 3.36. The molecule has 0 aliphatic rings. The maximum absolute atomic E-state index is 12.4. The third kappa shape index (κ3) is 3.61. The Balaban J connectivity index is 2.20. The topological polar surface area (TPSA) is 91.0 Å². The number of amides is 1. The number of halogens is 1. The van der Waals surface area contributed by atoms with Crippen molar-refractivity contribution in [2.75, 3.05) is 11.9 Å². The van der Waals surface area contributed by atoms with Crippen molar-refractivity contribution in [2.24, 2.45) is 7.05 Å². The molecule has 2 aromatic rings. The van der Waals surface area contributed by atoms with Crippen molar-refractivity contribution >= 4 is 33.6 Å². The highest BCUT2D eigenvalue weighted by Crippen LogP contribution is 2.20. The van der Waals surface area contributed by atoms with E-state index in [4.69, 9.17) is 4.74 Å². The summed E-state index contributed by atoms with van der Waals surface area (Å²) < 4.78 is 8.75. The van der Waals surface area contributed by atoms with E-state index in [1.54, 1.807) is 31.8 Å². The zero-order valence-electron chi connectivity index (χ0n) is 13.3. The first kappa shape index (κ1) is 17.2. The fraction of sp³-hybridized carbons (Fsp3) is 0.429. The van der Waals surface area contributed by atoms with Crippen LogP contribution < -0.4 is 5.32 Å². The van der Waals surface area contributed by atoms with E-state index in [2.05, 4.69) is 31.4 Å². The van der Waals surface area contributed by atoms with Crippen LogP contribution in [0.3, 0.4) is 0 Å². The number of carbonyl (C=O) groups excluding carboxylic acids is 2. The van der Waals surface area contributed by atoms with Crippen LogP contribution in [0.1, 0.15) is 35.9 Å². The number of anilines is 1. The summed E-state index contributed by atoms with van der Waals surface area (Å²) in [6.45, 7) is 5.52. The molecule has 0 spiro atoms. The Morgan fingerprint density at radius 3 is 2.74 bits per heavy atom. The molecule has 8 nitrogen and oxygen atoms in total. The van der Waals surface area contributed by atoms with Gasteiger partial charge in [-0.25, -0.2) is 4.79 Å². The SMILES string of the molecule is CCOC(=O)c1cnn(C)c1NC(=O)C(C)n1cc(Br)c(C)n1. The largest absolute Gasteiger partial charge is 0.462 e. The van der Waals surface area contributed by atoms with Gasteiger partial charge in [0.15, 0.2) is 0 Å². The summed E-state index contributed by atoms with van der Waals surface area (Å²) in [5.41, 5.74) is 1.00. The number of hydrogen-bond acceptors (Lipinski definition) is 5. The van der Waals surface area contributed by atoms with Crippen molar-refractivity contribution < 1.29 is 14.3 Å². The van der Waals surface area contributed by atoms with Gasteiger partial charge in [-0.3, -0.25) is 14.2 Å². The highest BCUT2D eigenvalue weighted by molar-refractivity contribution is 9.10. The molecule has 0 saturated heterocycles. The minimum Gasteiger partial charge on any atom is -0.462 e. The van der Waals surface area contributed by atoms with Crippen LogP contribution in [0.25, 0.3) is 0 Å². The minimum absolute atomic E-state index is 0.215. The summed E-state index contributed by atoms with van der Waals surface area (Å²) in [5, 5.41) is 11.0. The van der Waals surface area contributed by atoms with E-state index in [1.165, 1.54) is 10.9 Å². The molecule has 2 rings (SSSR count). The second-order valence-corrected chi connectivity index (χ2v) is 5.81. The number of nitrogens with one attached hydrogen (secondary N) is 1. The van der Waals surface area contributed by atoms with Crippen molar-refractivity contribution in [2.45, 2.75) is 26.8 Å². The molecule has 0 aliphatic heterocycles. The predicted octanol–water partition coefficient (Wildman–Crippen LogP) is 2.06. The predicted molar refractivity (Wildman–Crippen MR) is 87.2 cm³/mol. The van der Waals surface area contributed by atoms with Crippen LogP contribution in [-0.2, 0) is 16.6 Å². The van der Waals surface area contributed by atoms with E-state index in [-0.39, 0.29) is 18.1 Å². The first-order valence-electron chi connectivity index (χ1n) is 7.06. The van der Waals surface area contributed by atoms with E-state index < -0.39 is 12.0 Å². The Morgan fingerprint density at radius 1 is 1.48 bits per heavy atom. The lowest BCUT2D eigenvalue weighted by Gasteiger charge is -2.13. The van der Waals surface area contributed by atoms with Crippen molar-refractivity contribution in [3.8, 4) is 0 Å². The van der Waals surface area contributed by atoms with Crippen LogP contribution in [0.5, 0.6) is 0 Å². The van der Waals surface area contributed by atoms with Crippen LogP contribution in [-0.4, -0.2) is 38.0 Å². The molecule has 1 unspecified atom stereocenters. The molecule has 1 atom stereocenters. The molecule has 0 bridgehead atoms. The number of aromatic nitrogens is 4. The number of hydrogen-bond donors (Lipinski definition) is 1. The fourth-order valence-corrected chi connectivity index (χ4v) is 2.23. The van der Waals surface area contributed by atoms with Gasteiger partial charge in [-0.2, -0.15) is 10.2 Å². The second-order valence-electron chi connectivity index (χ2n) is 4.96. The Hall–Kier alpha value is -2.16. The van der Waals surface area contributed by atoms with E-state index in [0.29, 0.717) is 5.82 Å². The van der Waals surface area contributed by atoms with Crippen molar-refractivity contribution in [1.29, 1.82) is 0 Å². The smallest absolute Gasteiger partial charge is 0.343 e. The highest BCUT2D eigenvalue weighted by atomic mass is 79.9. The molecular formula is C14H18BrN5O3. The molecule has 1 N–H and O–H groups in total. The molecule has 9 heteroatoms. The van der Waals surface area contributed by atoms with Crippen LogP contribution >= 0.6 is 15.9 Å². The molecule has 23 heavy (non-hydrogen) atoms. The van der Waals surface area contributed by atoms with Gasteiger partial charge in [-0.1, -0.05) is 0 Å². The van der Waals surface area contributed by atoms with Crippen LogP contribution in [0.2, 0.25) is 0 Å². The van der Waals surface area contributed by atoms with Crippen molar-refractivity contribution in [3.05, 3.63) is 28.1 Å². The Labute approximate surface area is 141 Å². The zero-order chi connectivity index (χ0) is 17.1. The third-order valence-electron chi connectivity index (χ3n) is 3.31. The van der Waals surface area contributed by atoms with Gasteiger partial charge >= 0.3 is 5.97 Å². The standard InChI is InChI=1S/C14H18BrN5O3/c1-5-23-14(22)10-6-16-19(4)12(10)17-13(21)9(3)20-7-11(15)8(2)18-20/h6-7,9H,5H2,1-4H3,(H,17,21). The fourth-order valence-electron chi connectivity index (χ4n) is 1.94. The summed E-state index contributed by atoms with van der Waals surface area (Å²) in [5.74, 6) is -0.543. The quantitative estimate of drug-likeness (QED) is 0.797. The monoisotopic (exact) mass is 383 g/mol. The molecular weight excluding hydrogens is 366 g/mol.